The van der Waals surface area contributed by atoms with E-state index >= 15 is 0 Å². The van der Waals surface area contributed by atoms with Gasteiger partial charge < -0.3 is 15.6 Å². The lowest BCUT2D eigenvalue weighted by Gasteiger charge is -2.25. The number of hydrogen-bond donors (Lipinski definition) is 3. The molecule has 2 aliphatic rings. The molecule has 10 nitrogen and oxygen atoms in total. The predicted octanol–water partition coefficient (Wildman–Crippen LogP) is 4.40. The number of halogens is 2. The number of likely N-dealkylation sites (tertiary alicyclic amines) is 1. The number of carbonyl (C=O) groups excluding carboxylic acids is 1. The van der Waals surface area contributed by atoms with E-state index in [0.717, 1.165) is 25.9 Å². The molecule has 1 aliphatic heterocycles. The molecular formula is C30H30FIN6O4. The number of carbonyl (C=O) groups is 1. The molecule has 1 saturated carbocycles. The van der Waals surface area contributed by atoms with E-state index in [2.05, 4.69) is 20.5 Å². The molecule has 0 bridgehead atoms. The molecule has 0 atom stereocenters. The predicted molar refractivity (Wildman–Crippen MR) is 169 cm³/mol. The number of hydrogen-bond acceptors (Lipinski definition) is 6. The largest absolute Gasteiger partial charge is 0.339 e. The SMILES string of the molecule is Cc1c(=O)[nH]c(Nc2ccc(I)cc2F)c2c(=O)n(C3CC3)c(=O)n(-c3cccc(NC(=O)CN4CCCCC4)c3)c12. The highest BCUT2D eigenvalue weighted by atomic mass is 127. The Labute approximate surface area is 253 Å². The van der Waals surface area contributed by atoms with Gasteiger partial charge in [-0.2, -0.15) is 0 Å². The molecule has 6 rings (SSSR count). The minimum atomic E-state index is -0.577. The minimum Gasteiger partial charge on any atom is -0.339 e. The summed E-state index contributed by atoms with van der Waals surface area (Å²) in [5.74, 6) is -0.715. The van der Waals surface area contributed by atoms with Gasteiger partial charge in [-0.25, -0.2) is 9.18 Å². The Balaban J connectivity index is 1.49. The number of aryl methyl sites for hydroxylation is 1. The monoisotopic (exact) mass is 684 g/mol. The summed E-state index contributed by atoms with van der Waals surface area (Å²) in [6.07, 6.45) is 4.65. The number of H-pyrrole nitrogens is 1. The molecule has 1 aliphatic carbocycles. The summed E-state index contributed by atoms with van der Waals surface area (Å²) in [6, 6.07) is 11.1. The maximum Gasteiger partial charge on any atom is 0.336 e. The van der Waals surface area contributed by atoms with Crippen LogP contribution in [-0.2, 0) is 4.79 Å². The van der Waals surface area contributed by atoms with E-state index in [9.17, 15) is 23.6 Å². The van der Waals surface area contributed by atoms with Gasteiger partial charge in [0.25, 0.3) is 11.1 Å². The second-order valence-corrected chi connectivity index (χ2v) is 12.1. The number of aromatic amines is 1. The fourth-order valence-electron chi connectivity index (χ4n) is 5.54. The number of amides is 1. The van der Waals surface area contributed by atoms with Crippen molar-refractivity contribution in [3.05, 3.63) is 88.6 Å². The zero-order chi connectivity index (χ0) is 29.5. The molecule has 1 saturated heterocycles. The average molecular weight is 685 g/mol. The fourth-order valence-corrected chi connectivity index (χ4v) is 5.99. The molecular weight excluding hydrogens is 654 g/mol. The fraction of sp³-hybridized carbons (Fsp3) is 0.333. The Hall–Kier alpha value is -3.78. The Bertz CT molecular complexity index is 1890. The zero-order valence-corrected chi connectivity index (χ0v) is 25.2. The van der Waals surface area contributed by atoms with E-state index in [1.807, 2.05) is 22.6 Å². The van der Waals surface area contributed by atoms with E-state index in [0.29, 0.717) is 27.8 Å². The molecule has 3 N–H and O–H groups in total. The van der Waals surface area contributed by atoms with Crippen LogP contribution in [0.25, 0.3) is 16.6 Å². The van der Waals surface area contributed by atoms with Gasteiger partial charge in [-0.3, -0.25) is 28.4 Å². The van der Waals surface area contributed by atoms with Crippen molar-refractivity contribution < 1.29 is 9.18 Å². The van der Waals surface area contributed by atoms with Crippen LogP contribution < -0.4 is 27.4 Å². The van der Waals surface area contributed by atoms with Crippen molar-refractivity contribution in [1.29, 1.82) is 0 Å². The highest BCUT2D eigenvalue weighted by molar-refractivity contribution is 14.1. The van der Waals surface area contributed by atoms with Gasteiger partial charge in [-0.15, -0.1) is 0 Å². The summed E-state index contributed by atoms with van der Waals surface area (Å²) in [4.78, 5) is 58.6. The zero-order valence-electron chi connectivity index (χ0n) is 23.0. The first-order valence-corrected chi connectivity index (χ1v) is 15.1. The maximum atomic E-state index is 14.8. The second-order valence-electron chi connectivity index (χ2n) is 10.9. The van der Waals surface area contributed by atoms with Crippen molar-refractivity contribution in [3.63, 3.8) is 0 Å². The van der Waals surface area contributed by atoms with Gasteiger partial charge in [0.2, 0.25) is 5.91 Å². The van der Waals surface area contributed by atoms with Crippen molar-refractivity contribution >= 4 is 56.6 Å². The lowest BCUT2D eigenvalue weighted by molar-refractivity contribution is -0.117. The van der Waals surface area contributed by atoms with Gasteiger partial charge in [-0.05, 0) is 105 Å². The molecule has 3 heterocycles. The first-order chi connectivity index (χ1) is 20.2. The van der Waals surface area contributed by atoms with Gasteiger partial charge >= 0.3 is 5.69 Å². The number of piperidine rings is 1. The Kier molecular flexibility index (Phi) is 7.75. The number of benzene rings is 2. The first kappa shape index (κ1) is 28.3. The quantitative estimate of drug-likeness (QED) is 0.249. The third-order valence-corrected chi connectivity index (χ3v) is 8.45. The minimum absolute atomic E-state index is 0.000142. The van der Waals surface area contributed by atoms with E-state index in [1.165, 1.54) is 34.6 Å². The number of nitrogens with one attached hydrogen (secondary N) is 3. The maximum absolute atomic E-state index is 14.8. The number of anilines is 3. The topological polar surface area (TPSA) is 121 Å². The van der Waals surface area contributed by atoms with E-state index < -0.39 is 22.6 Å². The molecule has 42 heavy (non-hydrogen) atoms. The molecule has 218 valence electrons. The molecule has 12 heteroatoms. The molecule has 2 aromatic carbocycles. The third-order valence-electron chi connectivity index (χ3n) is 7.78. The Morgan fingerprint density at radius 1 is 1.07 bits per heavy atom. The van der Waals surface area contributed by atoms with Crippen LogP contribution in [0.3, 0.4) is 0 Å². The number of aromatic nitrogens is 3. The van der Waals surface area contributed by atoms with E-state index in [4.69, 9.17) is 0 Å². The summed E-state index contributed by atoms with van der Waals surface area (Å²) in [5, 5.41) is 5.88. The van der Waals surface area contributed by atoms with Crippen LogP contribution in [0.2, 0.25) is 0 Å². The Morgan fingerprint density at radius 3 is 2.55 bits per heavy atom. The van der Waals surface area contributed by atoms with Crippen LogP contribution in [-0.4, -0.2) is 44.6 Å². The lowest BCUT2D eigenvalue weighted by Crippen LogP contribution is -2.40. The van der Waals surface area contributed by atoms with Crippen LogP contribution in [0.4, 0.5) is 21.6 Å². The standard InChI is InChI=1S/C30H30FIN6O4/c1-17-26-25(27(35-28(17)40)34-23-11-8-18(32)14-22(23)31)29(41)38(20-9-10-20)30(42)37(26)21-7-5-6-19(15-21)33-24(39)16-36-12-3-2-4-13-36/h5-8,11,14-15,20H,2-4,9-10,12-13,16H2,1H3,(H,33,39)(H2,34,35,40). The number of nitrogens with zero attached hydrogens (tertiary/aromatic N) is 3. The van der Waals surface area contributed by atoms with Crippen LogP contribution in [0, 0.1) is 16.3 Å². The van der Waals surface area contributed by atoms with Gasteiger partial charge in [0.1, 0.15) is 17.0 Å². The molecule has 2 aromatic heterocycles. The van der Waals surface area contributed by atoms with Crippen molar-refractivity contribution in [3.8, 4) is 5.69 Å². The Morgan fingerprint density at radius 2 is 1.83 bits per heavy atom. The summed E-state index contributed by atoms with van der Waals surface area (Å²) < 4.78 is 18.0. The molecule has 0 radical (unpaired) electrons. The van der Waals surface area contributed by atoms with Gasteiger partial charge in [0.15, 0.2) is 0 Å². The highest BCUT2D eigenvalue weighted by Crippen LogP contribution is 2.34. The van der Waals surface area contributed by atoms with Crippen molar-refractivity contribution in [2.45, 2.75) is 45.1 Å². The third kappa shape index (κ3) is 5.52. The summed E-state index contributed by atoms with van der Waals surface area (Å²) in [6.45, 7) is 3.58. The lowest BCUT2D eigenvalue weighted by atomic mass is 10.1. The summed E-state index contributed by atoms with van der Waals surface area (Å²) in [5.41, 5.74) is -0.440. The summed E-state index contributed by atoms with van der Waals surface area (Å²) in [7, 11) is 0. The van der Waals surface area contributed by atoms with Crippen molar-refractivity contribution in [1.82, 2.24) is 19.0 Å². The number of fused-ring (bicyclic) bond motifs is 1. The number of rotatable bonds is 7. The van der Waals surface area contributed by atoms with Crippen LogP contribution in [0.5, 0.6) is 0 Å². The number of pyridine rings is 1. The smallest absolute Gasteiger partial charge is 0.336 e. The molecule has 2 fully saturated rings. The molecule has 4 aromatic rings. The van der Waals surface area contributed by atoms with Crippen LogP contribution in [0.1, 0.15) is 43.7 Å². The van der Waals surface area contributed by atoms with Crippen molar-refractivity contribution in [2.75, 3.05) is 30.3 Å². The van der Waals surface area contributed by atoms with Crippen LogP contribution >= 0.6 is 22.6 Å². The van der Waals surface area contributed by atoms with Crippen molar-refractivity contribution in [2.24, 2.45) is 0 Å². The van der Waals surface area contributed by atoms with E-state index in [-0.39, 0.29) is 46.5 Å². The van der Waals surface area contributed by atoms with Gasteiger partial charge in [0, 0.05) is 20.9 Å². The van der Waals surface area contributed by atoms with Crippen LogP contribution in [0.15, 0.2) is 56.8 Å². The first-order valence-electron chi connectivity index (χ1n) is 14.0. The second kappa shape index (κ2) is 11.5. The average Bonchev–Trinajstić information content (AvgIpc) is 3.79. The highest BCUT2D eigenvalue weighted by Gasteiger charge is 2.31. The van der Waals surface area contributed by atoms with Gasteiger partial charge in [-0.1, -0.05) is 12.5 Å². The van der Waals surface area contributed by atoms with E-state index in [1.54, 1.807) is 30.3 Å². The normalized spacial score (nSPS) is 15.6. The summed E-state index contributed by atoms with van der Waals surface area (Å²) >= 11 is 1.99. The molecule has 0 spiro atoms. The van der Waals surface area contributed by atoms with Gasteiger partial charge in [0.05, 0.1) is 23.4 Å². The molecule has 0 unspecified atom stereocenters. The molecule has 1 amide bonds.